The summed E-state index contributed by atoms with van der Waals surface area (Å²) < 4.78 is 67.4. The van der Waals surface area contributed by atoms with E-state index in [2.05, 4.69) is 22.6 Å². The maximum Gasteiger partial charge on any atom is 0.266 e. The number of rotatable bonds is 7. The Morgan fingerprint density at radius 2 is 1.83 bits per heavy atom. The molecule has 6 nitrogen and oxygen atoms in total. The second kappa shape index (κ2) is 10.2. The van der Waals surface area contributed by atoms with Crippen LogP contribution in [0.1, 0.15) is 47.2 Å². The molecule has 36 heavy (non-hydrogen) atoms. The molecule has 11 heteroatoms. The number of alkyl halides is 4. The Morgan fingerprint density at radius 1 is 1.17 bits per heavy atom. The molecule has 3 aliphatic rings. The molecular weight excluding hydrogens is 483 g/mol. The lowest BCUT2D eigenvalue weighted by Gasteiger charge is -2.20. The van der Waals surface area contributed by atoms with Crippen molar-refractivity contribution >= 4 is 11.6 Å². The Morgan fingerprint density at radius 3 is 2.33 bits per heavy atom. The number of nitrogens with one attached hydrogen (secondary N) is 2. The van der Waals surface area contributed by atoms with Gasteiger partial charge in [0.25, 0.3) is 24.3 Å². The highest BCUT2D eigenvalue weighted by molar-refractivity contribution is 5.99. The number of carbonyl (C=O) groups excluding carboxylic acids is 1. The molecule has 1 amide bonds. The fourth-order valence-electron chi connectivity index (χ4n) is 4.77. The summed E-state index contributed by atoms with van der Waals surface area (Å²) in [5.41, 5.74) is -3.23. The van der Waals surface area contributed by atoms with Gasteiger partial charge in [0, 0.05) is 44.5 Å². The summed E-state index contributed by atoms with van der Waals surface area (Å²) in [6, 6.07) is 4.47. The summed E-state index contributed by atoms with van der Waals surface area (Å²) in [6.07, 6.45) is -2.98. The van der Waals surface area contributed by atoms with E-state index >= 15 is 0 Å². The van der Waals surface area contributed by atoms with Crippen LogP contribution >= 0.6 is 0 Å². The van der Waals surface area contributed by atoms with Gasteiger partial charge in [0.15, 0.2) is 0 Å². The number of carbonyl (C=O) groups is 1. The average Bonchev–Trinajstić information content (AvgIpc) is 3.75. The van der Waals surface area contributed by atoms with Gasteiger partial charge in [0.2, 0.25) is 0 Å². The number of likely N-dealkylation sites (tertiary alicyclic amines) is 1. The Balaban J connectivity index is 0.000000367. The minimum absolute atomic E-state index is 0.0931. The summed E-state index contributed by atoms with van der Waals surface area (Å²) in [5.74, 6) is 0.335. The zero-order valence-corrected chi connectivity index (χ0v) is 20.0. The lowest BCUT2D eigenvalue weighted by Crippen LogP contribution is -2.37. The third-order valence-corrected chi connectivity index (χ3v) is 7.16. The minimum Gasteiger partial charge on any atom is -0.387 e. The van der Waals surface area contributed by atoms with Crippen LogP contribution in [0.25, 0.3) is 0 Å². The first-order chi connectivity index (χ1) is 17.1. The zero-order valence-electron chi connectivity index (χ0n) is 20.0. The molecule has 2 aromatic rings. The van der Waals surface area contributed by atoms with Crippen LogP contribution in [-0.2, 0) is 12.1 Å². The van der Waals surface area contributed by atoms with Crippen molar-refractivity contribution in [1.82, 2.24) is 14.8 Å². The smallest absolute Gasteiger partial charge is 0.266 e. The van der Waals surface area contributed by atoms with Crippen molar-refractivity contribution in [3.8, 4) is 0 Å². The van der Waals surface area contributed by atoms with Crippen LogP contribution in [0.5, 0.6) is 0 Å². The normalized spacial score (nSPS) is 21.6. The molecule has 1 aromatic carbocycles. The van der Waals surface area contributed by atoms with Crippen LogP contribution < -0.4 is 16.2 Å². The van der Waals surface area contributed by atoms with Crippen molar-refractivity contribution in [3.05, 3.63) is 63.3 Å². The highest BCUT2D eigenvalue weighted by atomic mass is 19.3. The quantitative estimate of drug-likeness (QED) is 0.546. The van der Waals surface area contributed by atoms with Crippen LogP contribution in [-0.4, -0.2) is 49.0 Å². The van der Waals surface area contributed by atoms with Gasteiger partial charge in [0.05, 0.1) is 16.8 Å². The Hall–Kier alpha value is -2.95. The van der Waals surface area contributed by atoms with Crippen molar-refractivity contribution < 1.29 is 26.7 Å². The van der Waals surface area contributed by atoms with E-state index in [1.807, 2.05) is 0 Å². The zero-order chi connectivity index (χ0) is 26.2. The van der Waals surface area contributed by atoms with Gasteiger partial charge in [-0.3, -0.25) is 9.59 Å². The van der Waals surface area contributed by atoms with Gasteiger partial charge < -0.3 is 20.1 Å². The summed E-state index contributed by atoms with van der Waals surface area (Å²) in [4.78, 5) is 27.2. The summed E-state index contributed by atoms with van der Waals surface area (Å²) in [5, 5.41) is 5.02. The predicted octanol–water partition coefficient (Wildman–Crippen LogP) is 4.22. The third-order valence-electron chi connectivity index (χ3n) is 7.16. The highest BCUT2D eigenvalue weighted by Crippen LogP contribution is 2.48. The van der Waals surface area contributed by atoms with Crippen LogP contribution in [0, 0.1) is 17.7 Å². The van der Waals surface area contributed by atoms with E-state index in [9.17, 15) is 31.5 Å². The third kappa shape index (κ3) is 5.25. The molecule has 5 rings (SSSR count). The van der Waals surface area contributed by atoms with Gasteiger partial charge in [-0.25, -0.2) is 22.0 Å². The fourth-order valence-corrected chi connectivity index (χ4v) is 4.77. The Bertz CT molecular complexity index is 1170. The molecule has 2 N–H and O–H groups in total. The SMILES string of the molecule is CN1CC2CC2C1.CNc1cc(=O)n(C2(C(F)F)CC2)cc1C(=O)NCc1cccc(C(F)F)c1F. The van der Waals surface area contributed by atoms with Crippen molar-refractivity contribution in [2.75, 3.05) is 32.5 Å². The number of pyridine rings is 1. The number of piperidine rings is 1. The second-order valence-electron chi connectivity index (χ2n) is 9.74. The van der Waals surface area contributed by atoms with E-state index in [0.717, 1.165) is 34.7 Å². The van der Waals surface area contributed by atoms with E-state index in [0.29, 0.717) is 0 Å². The van der Waals surface area contributed by atoms with Crippen molar-refractivity contribution in [2.45, 2.75) is 44.2 Å². The van der Waals surface area contributed by atoms with Crippen molar-refractivity contribution in [1.29, 1.82) is 0 Å². The number of aromatic nitrogens is 1. The molecule has 1 saturated heterocycles. The molecular formula is C25H29F5N4O2. The number of hydrogen-bond acceptors (Lipinski definition) is 4. The number of benzene rings is 1. The van der Waals surface area contributed by atoms with Crippen LogP contribution in [0.2, 0.25) is 0 Å². The molecule has 1 aromatic heterocycles. The van der Waals surface area contributed by atoms with Gasteiger partial charge in [-0.05, 0) is 38.1 Å². The van der Waals surface area contributed by atoms with Gasteiger partial charge in [0.1, 0.15) is 11.4 Å². The van der Waals surface area contributed by atoms with Crippen LogP contribution in [0.4, 0.5) is 27.6 Å². The standard InChI is InChI=1S/C19H18F5N3O2.C6H11N/c1-25-13-7-14(28)27(19(5-6-19)18(23)24)9-12(13)17(29)26-8-10-3-2-4-11(15(10)20)16(21)22;1-7-3-5-2-6(5)4-7/h2-4,7,9,16,18,25H,5-6,8H2,1H3,(H,26,29);5-6H,2-4H2,1H3. The molecule has 2 aliphatic carbocycles. The summed E-state index contributed by atoms with van der Waals surface area (Å²) in [6.45, 7) is 2.36. The molecule has 2 heterocycles. The van der Waals surface area contributed by atoms with Crippen LogP contribution in [0.3, 0.4) is 0 Å². The largest absolute Gasteiger partial charge is 0.387 e. The Kier molecular flexibility index (Phi) is 7.40. The minimum atomic E-state index is -3.01. The summed E-state index contributed by atoms with van der Waals surface area (Å²) >= 11 is 0. The molecule has 2 atom stereocenters. The van der Waals surface area contributed by atoms with E-state index in [4.69, 9.17) is 0 Å². The molecule has 1 aliphatic heterocycles. The van der Waals surface area contributed by atoms with E-state index in [1.165, 1.54) is 38.7 Å². The molecule has 2 saturated carbocycles. The first-order valence-electron chi connectivity index (χ1n) is 11.8. The lowest BCUT2D eigenvalue weighted by molar-refractivity contribution is 0.0648. The number of fused-ring (bicyclic) bond motifs is 1. The predicted molar refractivity (Wildman–Crippen MR) is 125 cm³/mol. The first-order valence-corrected chi connectivity index (χ1v) is 11.8. The van der Waals surface area contributed by atoms with Gasteiger partial charge in [-0.2, -0.15) is 0 Å². The molecule has 3 fully saturated rings. The lowest BCUT2D eigenvalue weighted by atomic mass is 10.1. The van der Waals surface area contributed by atoms with E-state index in [-0.39, 0.29) is 29.7 Å². The van der Waals surface area contributed by atoms with Crippen molar-refractivity contribution in [2.24, 2.45) is 11.8 Å². The average molecular weight is 513 g/mol. The molecule has 0 spiro atoms. The molecule has 0 bridgehead atoms. The molecule has 2 unspecified atom stereocenters. The van der Waals surface area contributed by atoms with Gasteiger partial charge in [-0.15, -0.1) is 0 Å². The second-order valence-corrected chi connectivity index (χ2v) is 9.74. The Labute approximate surface area is 205 Å². The van der Waals surface area contributed by atoms with E-state index in [1.54, 1.807) is 0 Å². The topological polar surface area (TPSA) is 66.4 Å². The monoisotopic (exact) mass is 512 g/mol. The number of nitrogens with zero attached hydrogens (tertiary/aromatic N) is 2. The number of anilines is 1. The molecule has 0 radical (unpaired) electrons. The number of amides is 1. The maximum absolute atomic E-state index is 14.1. The highest BCUT2D eigenvalue weighted by Gasteiger charge is 2.53. The van der Waals surface area contributed by atoms with Crippen LogP contribution in [0.15, 0.2) is 35.3 Å². The van der Waals surface area contributed by atoms with Crippen molar-refractivity contribution in [3.63, 3.8) is 0 Å². The summed E-state index contributed by atoms with van der Waals surface area (Å²) in [7, 11) is 3.66. The number of halogens is 5. The molecule has 196 valence electrons. The number of hydrogen-bond donors (Lipinski definition) is 2. The maximum atomic E-state index is 14.1. The fraction of sp³-hybridized carbons (Fsp3) is 0.520. The van der Waals surface area contributed by atoms with Gasteiger partial charge in [-0.1, -0.05) is 18.2 Å². The van der Waals surface area contributed by atoms with E-state index < -0.39 is 47.8 Å². The van der Waals surface area contributed by atoms with Gasteiger partial charge >= 0.3 is 0 Å². The first kappa shape index (κ1) is 26.1.